The van der Waals surface area contributed by atoms with Crippen molar-refractivity contribution in [1.82, 2.24) is 0 Å². The fourth-order valence-corrected chi connectivity index (χ4v) is 2.16. The fraction of sp³-hybridized carbons (Fsp3) is 0.0625. The lowest BCUT2D eigenvalue weighted by Gasteiger charge is -2.01. The molecule has 0 aliphatic carbocycles. The number of hydrogen-bond acceptors (Lipinski definition) is 3. The largest absolute Gasteiger partial charge is 0.493 e. The summed E-state index contributed by atoms with van der Waals surface area (Å²) < 4.78 is 24.7. The van der Waals surface area contributed by atoms with E-state index in [-0.39, 0.29) is 5.82 Å². The van der Waals surface area contributed by atoms with Crippen LogP contribution < -0.4 is 4.74 Å². The number of halogens is 1. The summed E-state index contributed by atoms with van der Waals surface area (Å²) in [5.74, 6) is 0.493. The zero-order valence-electron chi connectivity index (χ0n) is 10.7. The van der Waals surface area contributed by atoms with Crippen LogP contribution in [-0.2, 0) is 0 Å². The maximum atomic E-state index is 13.8. The summed E-state index contributed by atoms with van der Waals surface area (Å²) in [5, 5.41) is 0.699. The van der Waals surface area contributed by atoms with Gasteiger partial charge in [0.05, 0.1) is 12.7 Å². The van der Waals surface area contributed by atoms with Gasteiger partial charge in [-0.25, -0.2) is 4.39 Å². The molecule has 0 spiro atoms. The van der Waals surface area contributed by atoms with E-state index in [0.29, 0.717) is 33.6 Å². The Labute approximate surface area is 114 Å². The van der Waals surface area contributed by atoms with Gasteiger partial charge in [-0.05, 0) is 30.3 Å². The summed E-state index contributed by atoms with van der Waals surface area (Å²) in [6.45, 7) is 0. The van der Waals surface area contributed by atoms with Crippen LogP contribution >= 0.6 is 0 Å². The highest BCUT2D eigenvalue weighted by Gasteiger charge is 2.14. The molecule has 4 heteroatoms. The summed E-state index contributed by atoms with van der Waals surface area (Å²) in [6.07, 6.45) is 0.734. The maximum Gasteiger partial charge on any atom is 0.176 e. The van der Waals surface area contributed by atoms with Crippen LogP contribution in [0.1, 0.15) is 10.4 Å². The Balaban J connectivity index is 2.25. The van der Waals surface area contributed by atoms with Crippen LogP contribution in [0.2, 0.25) is 0 Å². The summed E-state index contributed by atoms with van der Waals surface area (Å²) in [7, 11) is 1.49. The van der Waals surface area contributed by atoms with Crippen molar-refractivity contribution in [2.24, 2.45) is 0 Å². The molecule has 0 atom stereocenters. The third-order valence-electron chi connectivity index (χ3n) is 3.10. The Bertz CT molecular complexity index is 790. The Morgan fingerprint density at radius 3 is 2.70 bits per heavy atom. The molecule has 3 nitrogen and oxygen atoms in total. The van der Waals surface area contributed by atoms with E-state index in [9.17, 15) is 9.18 Å². The van der Waals surface area contributed by atoms with Crippen LogP contribution in [0.25, 0.3) is 22.3 Å². The lowest BCUT2D eigenvalue weighted by atomic mass is 10.1. The summed E-state index contributed by atoms with van der Waals surface area (Å²) in [6, 6.07) is 11.3. The first-order chi connectivity index (χ1) is 9.72. The van der Waals surface area contributed by atoms with Crippen molar-refractivity contribution >= 4 is 17.3 Å². The Morgan fingerprint density at radius 2 is 2.00 bits per heavy atom. The van der Waals surface area contributed by atoms with Gasteiger partial charge < -0.3 is 9.15 Å². The van der Waals surface area contributed by atoms with Crippen molar-refractivity contribution in [3.8, 4) is 17.1 Å². The zero-order valence-corrected chi connectivity index (χ0v) is 10.7. The molecule has 2 aromatic carbocycles. The first-order valence-electron chi connectivity index (χ1n) is 6.04. The van der Waals surface area contributed by atoms with Gasteiger partial charge >= 0.3 is 0 Å². The fourth-order valence-electron chi connectivity index (χ4n) is 2.16. The minimum atomic E-state index is -0.360. The molecule has 1 heterocycles. The molecule has 0 aliphatic heterocycles. The van der Waals surface area contributed by atoms with Gasteiger partial charge in [0.1, 0.15) is 17.9 Å². The minimum Gasteiger partial charge on any atom is -0.493 e. The second-order valence-corrected chi connectivity index (χ2v) is 4.35. The first kappa shape index (κ1) is 12.4. The van der Waals surface area contributed by atoms with Gasteiger partial charge in [-0.2, -0.15) is 0 Å². The number of carbonyl (C=O) groups is 1. The number of benzene rings is 2. The van der Waals surface area contributed by atoms with Gasteiger partial charge in [-0.1, -0.05) is 12.1 Å². The van der Waals surface area contributed by atoms with Crippen LogP contribution in [-0.4, -0.2) is 13.4 Å². The zero-order chi connectivity index (χ0) is 14.1. The van der Waals surface area contributed by atoms with E-state index in [1.54, 1.807) is 36.4 Å². The second kappa shape index (κ2) is 4.81. The molecule has 0 bridgehead atoms. The van der Waals surface area contributed by atoms with E-state index < -0.39 is 0 Å². The van der Waals surface area contributed by atoms with Gasteiger partial charge in [0.25, 0.3) is 0 Å². The van der Waals surface area contributed by atoms with Gasteiger partial charge in [-0.15, -0.1) is 0 Å². The summed E-state index contributed by atoms with van der Waals surface area (Å²) >= 11 is 0. The minimum absolute atomic E-state index is 0.360. The van der Waals surface area contributed by atoms with E-state index in [0.717, 1.165) is 6.29 Å². The van der Waals surface area contributed by atoms with E-state index in [2.05, 4.69) is 0 Å². The van der Waals surface area contributed by atoms with Crippen molar-refractivity contribution in [3.63, 3.8) is 0 Å². The Hall–Kier alpha value is -2.62. The highest BCUT2D eigenvalue weighted by atomic mass is 19.1. The average molecular weight is 270 g/mol. The molecule has 1 aromatic heterocycles. The predicted octanol–water partition coefficient (Wildman–Crippen LogP) is 4.06. The van der Waals surface area contributed by atoms with E-state index in [1.807, 2.05) is 0 Å². The van der Waals surface area contributed by atoms with E-state index >= 15 is 0 Å². The molecule has 0 fully saturated rings. The SMILES string of the molecule is COc1cc(C=O)cc2cc(-c3ccccc3F)oc12. The van der Waals surface area contributed by atoms with Crippen molar-refractivity contribution in [1.29, 1.82) is 0 Å². The summed E-state index contributed by atoms with van der Waals surface area (Å²) in [4.78, 5) is 10.9. The molecule has 3 rings (SSSR count). The first-order valence-corrected chi connectivity index (χ1v) is 6.04. The van der Waals surface area contributed by atoms with Crippen LogP contribution in [0, 0.1) is 5.82 Å². The molecule has 20 heavy (non-hydrogen) atoms. The topological polar surface area (TPSA) is 39.4 Å². The molecule has 0 radical (unpaired) electrons. The molecule has 100 valence electrons. The number of furan rings is 1. The Morgan fingerprint density at radius 1 is 1.20 bits per heavy atom. The number of rotatable bonds is 3. The van der Waals surface area contributed by atoms with Crippen molar-refractivity contribution < 1.29 is 18.3 Å². The van der Waals surface area contributed by atoms with Crippen molar-refractivity contribution in [2.45, 2.75) is 0 Å². The highest BCUT2D eigenvalue weighted by molar-refractivity contribution is 5.92. The van der Waals surface area contributed by atoms with Gasteiger partial charge in [0.2, 0.25) is 0 Å². The number of ether oxygens (including phenoxy) is 1. The number of aldehydes is 1. The Kier molecular flexibility index (Phi) is 2.99. The van der Waals surface area contributed by atoms with Gasteiger partial charge in [0, 0.05) is 10.9 Å². The molecular weight excluding hydrogens is 259 g/mol. The monoisotopic (exact) mass is 270 g/mol. The third-order valence-corrected chi connectivity index (χ3v) is 3.10. The lowest BCUT2D eigenvalue weighted by Crippen LogP contribution is -1.86. The molecular formula is C16H11FO3. The molecule has 0 aliphatic rings. The van der Waals surface area contributed by atoms with Crippen molar-refractivity contribution in [2.75, 3.05) is 7.11 Å². The highest BCUT2D eigenvalue weighted by Crippen LogP contribution is 2.35. The molecule has 3 aromatic rings. The predicted molar refractivity (Wildman–Crippen MR) is 73.5 cm³/mol. The molecule has 0 saturated heterocycles. The van der Waals surface area contributed by atoms with Crippen LogP contribution in [0.15, 0.2) is 46.9 Å². The number of hydrogen-bond donors (Lipinski definition) is 0. The average Bonchev–Trinajstić information content (AvgIpc) is 2.90. The molecule has 0 N–H and O–H groups in total. The molecule has 0 saturated carbocycles. The molecule has 0 amide bonds. The van der Waals surface area contributed by atoms with Crippen LogP contribution in [0.5, 0.6) is 5.75 Å². The van der Waals surface area contributed by atoms with Crippen LogP contribution in [0.3, 0.4) is 0 Å². The lowest BCUT2D eigenvalue weighted by molar-refractivity contribution is 0.112. The van der Waals surface area contributed by atoms with Crippen LogP contribution in [0.4, 0.5) is 4.39 Å². The normalized spacial score (nSPS) is 10.7. The quantitative estimate of drug-likeness (QED) is 0.674. The van der Waals surface area contributed by atoms with Crippen molar-refractivity contribution in [3.05, 3.63) is 53.8 Å². The van der Waals surface area contributed by atoms with Gasteiger partial charge in [-0.3, -0.25) is 4.79 Å². The van der Waals surface area contributed by atoms with Gasteiger partial charge in [0.15, 0.2) is 11.3 Å². The standard InChI is InChI=1S/C16H11FO3/c1-19-15-7-10(9-18)6-11-8-14(20-16(11)15)12-4-2-3-5-13(12)17/h2-9H,1H3. The number of methoxy groups -OCH3 is 1. The number of carbonyl (C=O) groups excluding carboxylic acids is 1. The maximum absolute atomic E-state index is 13.8. The molecule has 0 unspecified atom stereocenters. The third kappa shape index (κ3) is 1.95. The van der Waals surface area contributed by atoms with E-state index in [1.165, 1.54) is 13.2 Å². The number of fused-ring (bicyclic) bond motifs is 1. The smallest absolute Gasteiger partial charge is 0.176 e. The summed E-state index contributed by atoms with van der Waals surface area (Å²) in [5.41, 5.74) is 1.35. The van der Waals surface area contributed by atoms with E-state index in [4.69, 9.17) is 9.15 Å². The second-order valence-electron chi connectivity index (χ2n) is 4.35.